The molecule has 0 aromatic heterocycles. The summed E-state index contributed by atoms with van der Waals surface area (Å²) in [5, 5.41) is 27.7. The number of hydrogen-bond acceptors (Lipinski definition) is 5. The zero-order valence-electron chi connectivity index (χ0n) is 15.8. The van der Waals surface area contributed by atoms with Crippen molar-refractivity contribution in [3.63, 3.8) is 0 Å². The standard InChI is InChI=1S/C23H20N4O2/c1-16-13-21(28)11-12-22(16)27-23(29)17(14-24)15-25-18-7-9-20(10-8-18)26-19-5-3-2-4-6-19/h2-13,15,25-26,28H,1H3,(H,27,29)/b17-15-. The molecule has 6 nitrogen and oxygen atoms in total. The molecule has 3 rings (SSSR count). The summed E-state index contributed by atoms with van der Waals surface area (Å²) in [5.74, 6) is -0.417. The number of hydrogen-bond donors (Lipinski definition) is 4. The number of nitrogens with zero attached hydrogens (tertiary/aromatic N) is 1. The maximum Gasteiger partial charge on any atom is 0.267 e. The summed E-state index contributed by atoms with van der Waals surface area (Å²) in [4.78, 5) is 12.3. The van der Waals surface area contributed by atoms with Crippen LogP contribution in [-0.4, -0.2) is 11.0 Å². The fourth-order valence-corrected chi connectivity index (χ4v) is 2.62. The SMILES string of the molecule is Cc1cc(O)ccc1NC(=O)/C(C#N)=C\Nc1ccc(Nc2ccccc2)cc1. The first-order chi connectivity index (χ1) is 14.0. The zero-order chi connectivity index (χ0) is 20.6. The van der Waals surface area contributed by atoms with Crippen molar-refractivity contribution in [2.75, 3.05) is 16.0 Å². The first-order valence-electron chi connectivity index (χ1n) is 8.95. The number of para-hydroxylation sites is 1. The molecule has 29 heavy (non-hydrogen) atoms. The van der Waals surface area contributed by atoms with Crippen LogP contribution in [0.5, 0.6) is 5.75 Å². The predicted molar refractivity (Wildman–Crippen MR) is 115 cm³/mol. The van der Waals surface area contributed by atoms with Crippen molar-refractivity contribution in [3.8, 4) is 11.8 Å². The normalized spacial score (nSPS) is 10.7. The highest BCUT2D eigenvalue weighted by Gasteiger charge is 2.11. The molecule has 4 N–H and O–H groups in total. The molecule has 0 spiro atoms. The van der Waals surface area contributed by atoms with Crippen LogP contribution in [0.2, 0.25) is 0 Å². The van der Waals surface area contributed by atoms with Crippen LogP contribution in [-0.2, 0) is 4.79 Å². The second-order valence-electron chi connectivity index (χ2n) is 6.34. The van der Waals surface area contributed by atoms with Gasteiger partial charge in [0, 0.05) is 28.9 Å². The van der Waals surface area contributed by atoms with Crippen LogP contribution in [0.15, 0.2) is 84.6 Å². The quantitative estimate of drug-likeness (QED) is 0.275. The van der Waals surface area contributed by atoms with Gasteiger partial charge in [0.25, 0.3) is 5.91 Å². The summed E-state index contributed by atoms with van der Waals surface area (Å²) >= 11 is 0. The molecule has 0 unspecified atom stereocenters. The lowest BCUT2D eigenvalue weighted by Gasteiger charge is -2.09. The van der Waals surface area contributed by atoms with Crippen molar-refractivity contribution in [3.05, 3.63) is 90.1 Å². The number of benzene rings is 3. The van der Waals surface area contributed by atoms with Crippen LogP contribution < -0.4 is 16.0 Å². The first kappa shape index (κ1) is 19.5. The summed E-state index contributed by atoms with van der Waals surface area (Å²) in [7, 11) is 0. The number of phenols is 1. The lowest BCUT2D eigenvalue weighted by molar-refractivity contribution is -0.112. The van der Waals surface area contributed by atoms with E-state index < -0.39 is 5.91 Å². The summed E-state index contributed by atoms with van der Waals surface area (Å²) < 4.78 is 0. The second-order valence-corrected chi connectivity index (χ2v) is 6.34. The number of nitriles is 1. The minimum absolute atomic E-state index is 0.0658. The molecule has 0 aliphatic carbocycles. The van der Waals surface area contributed by atoms with E-state index in [-0.39, 0.29) is 11.3 Å². The molecule has 0 fully saturated rings. The molecule has 3 aromatic carbocycles. The van der Waals surface area contributed by atoms with Gasteiger partial charge in [-0.25, -0.2) is 0 Å². The van der Waals surface area contributed by atoms with Crippen molar-refractivity contribution >= 4 is 28.7 Å². The Morgan fingerprint density at radius 1 is 0.966 bits per heavy atom. The summed E-state index contributed by atoms with van der Waals surface area (Å²) in [5.41, 5.74) is 3.82. The Labute approximate surface area is 169 Å². The number of amides is 1. The van der Waals surface area contributed by atoms with Gasteiger partial charge in [0.15, 0.2) is 0 Å². The van der Waals surface area contributed by atoms with Gasteiger partial charge in [-0.1, -0.05) is 18.2 Å². The molecule has 0 bridgehead atoms. The fourth-order valence-electron chi connectivity index (χ4n) is 2.62. The van der Waals surface area contributed by atoms with Crippen LogP contribution in [0.1, 0.15) is 5.56 Å². The molecule has 144 valence electrons. The van der Waals surface area contributed by atoms with E-state index in [2.05, 4.69) is 16.0 Å². The van der Waals surface area contributed by atoms with E-state index in [0.717, 1.165) is 17.1 Å². The average molecular weight is 384 g/mol. The number of aromatic hydroxyl groups is 1. The number of anilines is 4. The maximum atomic E-state index is 12.3. The minimum atomic E-state index is -0.531. The number of carbonyl (C=O) groups is 1. The average Bonchev–Trinajstić information content (AvgIpc) is 2.72. The van der Waals surface area contributed by atoms with Gasteiger partial charge < -0.3 is 21.1 Å². The van der Waals surface area contributed by atoms with E-state index in [0.29, 0.717) is 11.3 Å². The van der Waals surface area contributed by atoms with Gasteiger partial charge in [-0.2, -0.15) is 5.26 Å². The van der Waals surface area contributed by atoms with E-state index >= 15 is 0 Å². The molecule has 0 aliphatic rings. The Balaban J connectivity index is 1.63. The van der Waals surface area contributed by atoms with Crippen LogP contribution in [0.25, 0.3) is 0 Å². The van der Waals surface area contributed by atoms with E-state index in [1.165, 1.54) is 18.3 Å². The van der Waals surface area contributed by atoms with E-state index in [9.17, 15) is 15.2 Å². The van der Waals surface area contributed by atoms with Crippen molar-refractivity contribution in [2.24, 2.45) is 0 Å². The third-order valence-electron chi connectivity index (χ3n) is 4.15. The van der Waals surface area contributed by atoms with Gasteiger partial charge in [0.05, 0.1) is 0 Å². The van der Waals surface area contributed by atoms with E-state index in [1.54, 1.807) is 13.0 Å². The molecular formula is C23H20N4O2. The number of phenolic OH excluding ortho intramolecular Hbond substituents is 1. The molecule has 3 aromatic rings. The van der Waals surface area contributed by atoms with Gasteiger partial charge in [0.1, 0.15) is 17.4 Å². The third kappa shape index (κ3) is 5.37. The Morgan fingerprint density at radius 3 is 2.28 bits per heavy atom. The maximum absolute atomic E-state index is 12.3. The van der Waals surface area contributed by atoms with Gasteiger partial charge in [-0.05, 0) is 67.1 Å². The predicted octanol–water partition coefficient (Wildman–Crippen LogP) is 4.90. The molecule has 0 atom stereocenters. The van der Waals surface area contributed by atoms with Gasteiger partial charge in [-0.15, -0.1) is 0 Å². The van der Waals surface area contributed by atoms with Crippen molar-refractivity contribution in [1.82, 2.24) is 0 Å². The van der Waals surface area contributed by atoms with Crippen molar-refractivity contribution in [2.45, 2.75) is 6.92 Å². The van der Waals surface area contributed by atoms with Crippen LogP contribution in [0, 0.1) is 18.3 Å². The summed E-state index contributed by atoms with van der Waals surface area (Å²) in [6, 6.07) is 23.8. The Hall–Kier alpha value is -4.24. The molecule has 6 heteroatoms. The van der Waals surface area contributed by atoms with Gasteiger partial charge >= 0.3 is 0 Å². The number of aryl methyl sites for hydroxylation is 1. The summed E-state index contributed by atoms with van der Waals surface area (Å²) in [6.07, 6.45) is 1.37. The highest BCUT2D eigenvalue weighted by molar-refractivity contribution is 6.07. The second kappa shape index (κ2) is 9.11. The zero-order valence-corrected chi connectivity index (χ0v) is 15.8. The Bertz CT molecular complexity index is 1070. The fraction of sp³-hybridized carbons (Fsp3) is 0.0435. The molecule has 0 saturated heterocycles. The molecule has 0 saturated carbocycles. The highest BCUT2D eigenvalue weighted by Crippen LogP contribution is 2.21. The first-order valence-corrected chi connectivity index (χ1v) is 8.95. The van der Waals surface area contributed by atoms with Crippen LogP contribution >= 0.6 is 0 Å². The van der Waals surface area contributed by atoms with E-state index in [1.807, 2.05) is 60.7 Å². The van der Waals surface area contributed by atoms with Crippen LogP contribution in [0.4, 0.5) is 22.7 Å². The largest absolute Gasteiger partial charge is 0.508 e. The Morgan fingerprint density at radius 2 is 1.62 bits per heavy atom. The molecule has 1 amide bonds. The van der Waals surface area contributed by atoms with E-state index in [4.69, 9.17) is 0 Å². The topological polar surface area (TPSA) is 97.2 Å². The number of rotatable bonds is 6. The van der Waals surface area contributed by atoms with Crippen molar-refractivity contribution < 1.29 is 9.90 Å². The Kier molecular flexibility index (Phi) is 6.13. The lowest BCUT2D eigenvalue weighted by atomic mass is 10.2. The monoisotopic (exact) mass is 384 g/mol. The lowest BCUT2D eigenvalue weighted by Crippen LogP contribution is -2.15. The van der Waals surface area contributed by atoms with Crippen LogP contribution in [0.3, 0.4) is 0 Å². The molecule has 0 heterocycles. The van der Waals surface area contributed by atoms with Gasteiger partial charge in [-0.3, -0.25) is 4.79 Å². The molecular weight excluding hydrogens is 364 g/mol. The number of nitrogens with one attached hydrogen (secondary N) is 3. The smallest absolute Gasteiger partial charge is 0.267 e. The molecule has 0 aliphatic heterocycles. The van der Waals surface area contributed by atoms with Crippen molar-refractivity contribution in [1.29, 1.82) is 5.26 Å². The minimum Gasteiger partial charge on any atom is -0.508 e. The third-order valence-corrected chi connectivity index (χ3v) is 4.15. The highest BCUT2D eigenvalue weighted by atomic mass is 16.3. The molecule has 0 radical (unpaired) electrons. The summed E-state index contributed by atoms with van der Waals surface area (Å²) in [6.45, 7) is 1.76. The number of carbonyl (C=O) groups excluding carboxylic acids is 1. The van der Waals surface area contributed by atoms with Gasteiger partial charge in [0.2, 0.25) is 0 Å².